The molecule has 1 aliphatic rings. The van der Waals surface area contributed by atoms with Crippen LogP contribution < -0.4 is 10.1 Å². The van der Waals surface area contributed by atoms with Crippen molar-refractivity contribution in [2.45, 2.75) is 31.9 Å². The number of halogens is 1. The van der Waals surface area contributed by atoms with E-state index in [1.165, 1.54) is 19.2 Å². The van der Waals surface area contributed by atoms with E-state index in [1.54, 1.807) is 6.07 Å². The van der Waals surface area contributed by atoms with Crippen LogP contribution in [0, 0.1) is 5.82 Å². The molecule has 1 fully saturated rings. The molecule has 0 aliphatic carbocycles. The molecule has 0 spiro atoms. The molecule has 1 N–H and O–H groups in total. The number of carbonyl (C=O) groups is 1. The van der Waals surface area contributed by atoms with Crippen molar-refractivity contribution in [3.8, 4) is 5.75 Å². The number of nitrogens with one attached hydrogen (secondary N) is 1. The Balaban J connectivity index is 2.16. The largest absolute Gasteiger partial charge is 0.497 e. The van der Waals surface area contributed by atoms with Gasteiger partial charge in [-0.25, -0.2) is 4.39 Å². The lowest BCUT2D eigenvalue weighted by molar-refractivity contribution is 0.0724. The Kier molecular flexibility index (Phi) is 3.75. The van der Waals surface area contributed by atoms with Gasteiger partial charge >= 0.3 is 0 Å². The highest BCUT2D eigenvalue weighted by atomic mass is 19.1. The highest BCUT2D eigenvalue weighted by Gasteiger charge is 2.38. The lowest BCUT2D eigenvalue weighted by atomic mass is 9.94. The van der Waals surface area contributed by atoms with Crippen molar-refractivity contribution in [1.82, 2.24) is 5.32 Å². The second-order valence-electron chi connectivity index (χ2n) is 4.98. The summed E-state index contributed by atoms with van der Waals surface area (Å²) in [6.07, 6.45) is 0.635. The van der Waals surface area contributed by atoms with Crippen molar-refractivity contribution in [3.63, 3.8) is 0 Å². The summed E-state index contributed by atoms with van der Waals surface area (Å²) in [5.74, 6) is -0.634. The van der Waals surface area contributed by atoms with Crippen molar-refractivity contribution in [1.29, 1.82) is 0 Å². The molecule has 104 valence electrons. The molecule has 0 radical (unpaired) electrons. The molecule has 2 rings (SSSR count). The van der Waals surface area contributed by atoms with E-state index in [1.807, 2.05) is 13.8 Å². The Bertz CT molecular complexity index is 492. The standard InChI is InChI=1S/C14H18FNO3/c1-9-14(2,6-7-19-9)16-13(17)11-5-4-10(18-3)8-12(11)15/h4-5,8-9H,6-7H2,1-3H3,(H,16,17). The first-order valence-electron chi connectivity index (χ1n) is 6.24. The molecule has 1 saturated heterocycles. The van der Waals surface area contributed by atoms with Gasteiger partial charge in [-0.2, -0.15) is 0 Å². The summed E-state index contributed by atoms with van der Waals surface area (Å²) in [7, 11) is 1.45. The highest BCUT2D eigenvalue weighted by Crippen LogP contribution is 2.26. The molecule has 2 atom stereocenters. The predicted octanol–water partition coefficient (Wildman–Crippen LogP) is 2.13. The lowest BCUT2D eigenvalue weighted by Crippen LogP contribution is -2.50. The van der Waals surface area contributed by atoms with Gasteiger partial charge in [0.1, 0.15) is 11.6 Å². The molecular formula is C14H18FNO3. The Hall–Kier alpha value is -1.62. The number of hydrogen-bond acceptors (Lipinski definition) is 3. The highest BCUT2D eigenvalue weighted by molar-refractivity contribution is 5.95. The smallest absolute Gasteiger partial charge is 0.254 e. The molecule has 1 aromatic rings. The van der Waals surface area contributed by atoms with Crippen LogP contribution in [0.3, 0.4) is 0 Å². The minimum absolute atomic E-state index is 0.0149. The molecule has 1 amide bonds. The first-order valence-corrected chi connectivity index (χ1v) is 6.24. The third-order valence-corrected chi connectivity index (χ3v) is 3.71. The third-order valence-electron chi connectivity index (χ3n) is 3.71. The maximum absolute atomic E-state index is 13.8. The summed E-state index contributed by atoms with van der Waals surface area (Å²) in [5, 5.41) is 2.85. The molecule has 2 unspecified atom stereocenters. The van der Waals surface area contributed by atoms with Crippen LogP contribution in [0.25, 0.3) is 0 Å². The normalized spacial score (nSPS) is 26.2. The van der Waals surface area contributed by atoms with Gasteiger partial charge in [0.25, 0.3) is 5.91 Å². The second-order valence-corrected chi connectivity index (χ2v) is 4.98. The van der Waals surface area contributed by atoms with Crippen LogP contribution in [0.4, 0.5) is 4.39 Å². The lowest BCUT2D eigenvalue weighted by Gasteiger charge is -2.29. The fourth-order valence-corrected chi connectivity index (χ4v) is 2.13. The summed E-state index contributed by atoms with van der Waals surface area (Å²) in [4.78, 5) is 12.1. The average molecular weight is 267 g/mol. The van der Waals surface area contributed by atoms with Gasteiger partial charge in [0.05, 0.1) is 24.3 Å². The third kappa shape index (κ3) is 2.71. The Morgan fingerprint density at radius 1 is 1.58 bits per heavy atom. The minimum Gasteiger partial charge on any atom is -0.497 e. The Morgan fingerprint density at radius 3 is 2.84 bits per heavy atom. The number of methoxy groups -OCH3 is 1. The zero-order valence-corrected chi connectivity index (χ0v) is 11.3. The molecule has 19 heavy (non-hydrogen) atoms. The number of hydrogen-bond donors (Lipinski definition) is 1. The fraction of sp³-hybridized carbons (Fsp3) is 0.500. The molecule has 1 aromatic carbocycles. The zero-order valence-electron chi connectivity index (χ0n) is 11.3. The van der Waals surface area contributed by atoms with Crippen molar-refractivity contribution < 1.29 is 18.7 Å². The molecule has 4 nitrogen and oxygen atoms in total. The van der Waals surface area contributed by atoms with E-state index >= 15 is 0 Å². The van der Waals surface area contributed by atoms with E-state index in [0.29, 0.717) is 12.4 Å². The second kappa shape index (κ2) is 5.17. The molecule has 0 saturated carbocycles. The first kappa shape index (κ1) is 13.8. The van der Waals surface area contributed by atoms with Gasteiger partial charge in [-0.3, -0.25) is 4.79 Å². The van der Waals surface area contributed by atoms with Crippen molar-refractivity contribution in [3.05, 3.63) is 29.6 Å². The van der Waals surface area contributed by atoms with Gasteiger partial charge in [-0.05, 0) is 32.4 Å². The molecule has 5 heteroatoms. The summed E-state index contributed by atoms with van der Waals surface area (Å²) in [6.45, 7) is 4.41. The van der Waals surface area contributed by atoms with Gasteiger partial charge < -0.3 is 14.8 Å². The quantitative estimate of drug-likeness (QED) is 0.912. The number of rotatable bonds is 3. The number of carbonyl (C=O) groups excluding carboxylic acids is 1. The maximum atomic E-state index is 13.8. The van der Waals surface area contributed by atoms with Crippen LogP contribution in [0.15, 0.2) is 18.2 Å². The van der Waals surface area contributed by atoms with Gasteiger partial charge in [0.15, 0.2) is 0 Å². The Morgan fingerprint density at radius 2 is 2.32 bits per heavy atom. The van der Waals surface area contributed by atoms with Crippen molar-refractivity contribution in [2.75, 3.05) is 13.7 Å². The summed E-state index contributed by atoms with van der Waals surface area (Å²) >= 11 is 0. The minimum atomic E-state index is -0.591. The van der Waals surface area contributed by atoms with Gasteiger partial charge in [-0.1, -0.05) is 0 Å². The zero-order chi connectivity index (χ0) is 14.0. The molecule has 0 bridgehead atoms. The summed E-state index contributed by atoms with van der Waals surface area (Å²) < 4.78 is 24.2. The van der Waals surface area contributed by atoms with Crippen LogP contribution in [0.1, 0.15) is 30.6 Å². The van der Waals surface area contributed by atoms with E-state index in [0.717, 1.165) is 6.42 Å². The number of benzene rings is 1. The van der Waals surface area contributed by atoms with E-state index < -0.39 is 17.3 Å². The molecule has 1 aliphatic heterocycles. The Labute approximate surface area is 111 Å². The first-order chi connectivity index (χ1) is 8.96. The monoisotopic (exact) mass is 267 g/mol. The van der Waals surface area contributed by atoms with E-state index in [-0.39, 0.29) is 11.7 Å². The van der Waals surface area contributed by atoms with Crippen LogP contribution in [-0.4, -0.2) is 31.3 Å². The van der Waals surface area contributed by atoms with Crippen LogP contribution in [0.5, 0.6) is 5.75 Å². The van der Waals surface area contributed by atoms with E-state index in [2.05, 4.69) is 5.32 Å². The predicted molar refractivity (Wildman–Crippen MR) is 68.9 cm³/mol. The number of ether oxygens (including phenoxy) is 2. The fourth-order valence-electron chi connectivity index (χ4n) is 2.13. The van der Waals surface area contributed by atoms with Crippen molar-refractivity contribution in [2.24, 2.45) is 0 Å². The van der Waals surface area contributed by atoms with Gasteiger partial charge in [-0.15, -0.1) is 0 Å². The molecular weight excluding hydrogens is 249 g/mol. The van der Waals surface area contributed by atoms with E-state index in [4.69, 9.17) is 9.47 Å². The SMILES string of the molecule is COc1ccc(C(=O)NC2(C)CCOC2C)c(F)c1. The van der Waals surface area contributed by atoms with E-state index in [9.17, 15) is 9.18 Å². The summed E-state index contributed by atoms with van der Waals surface area (Å²) in [5.41, 5.74) is -0.440. The van der Waals surface area contributed by atoms with Gasteiger partial charge in [0, 0.05) is 12.7 Å². The van der Waals surface area contributed by atoms with Gasteiger partial charge in [0.2, 0.25) is 0 Å². The average Bonchev–Trinajstić information content (AvgIpc) is 2.68. The van der Waals surface area contributed by atoms with Crippen molar-refractivity contribution >= 4 is 5.91 Å². The van der Waals surface area contributed by atoms with Crippen LogP contribution in [0.2, 0.25) is 0 Å². The van der Waals surface area contributed by atoms with Crippen LogP contribution in [-0.2, 0) is 4.74 Å². The maximum Gasteiger partial charge on any atom is 0.254 e. The van der Waals surface area contributed by atoms with Crippen LogP contribution >= 0.6 is 0 Å². The molecule has 0 aromatic heterocycles. The number of amides is 1. The molecule has 1 heterocycles. The summed E-state index contributed by atoms with van der Waals surface area (Å²) in [6, 6.07) is 4.19. The topological polar surface area (TPSA) is 47.6 Å².